The third kappa shape index (κ3) is 5.00. The highest BCUT2D eigenvalue weighted by molar-refractivity contribution is 6.30. The van der Waals surface area contributed by atoms with Crippen molar-refractivity contribution in [3.05, 3.63) is 28.8 Å². The Kier molecular flexibility index (Phi) is 6.78. The zero-order valence-electron chi connectivity index (χ0n) is 12.0. The molecular weight excluding hydrogens is 280 g/mol. The lowest BCUT2D eigenvalue weighted by Crippen LogP contribution is -2.38. The summed E-state index contributed by atoms with van der Waals surface area (Å²) in [6.07, 6.45) is -0.620. The molecule has 6 heteroatoms. The molecule has 0 saturated heterocycles. The molecule has 20 heavy (non-hydrogen) atoms. The highest BCUT2D eigenvalue weighted by atomic mass is 35.5. The van der Waals surface area contributed by atoms with Crippen LogP contribution < -0.4 is 15.8 Å². The molecule has 1 amide bonds. The van der Waals surface area contributed by atoms with Crippen molar-refractivity contribution in [3.8, 4) is 5.75 Å². The van der Waals surface area contributed by atoms with Gasteiger partial charge in [-0.3, -0.25) is 4.79 Å². The number of hydrogen-bond donors (Lipinski definition) is 2. The van der Waals surface area contributed by atoms with Crippen molar-refractivity contribution in [1.29, 1.82) is 0 Å². The summed E-state index contributed by atoms with van der Waals surface area (Å²) in [7, 11) is 1.58. The van der Waals surface area contributed by atoms with Gasteiger partial charge in [0.1, 0.15) is 5.75 Å². The second-order valence-electron chi connectivity index (χ2n) is 4.51. The molecule has 0 aliphatic heterocycles. The first kappa shape index (κ1) is 16.8. The van der Waals surface area contributed by atoms with E-state index in [-0.39, 0.29) is 11.9 Å². The van der Waals surface area contributed by atoms with Crippen molar-refractivity contribution >= 4 is 17.5 Å². The van der Waals surface area contributed by atoms with E-state index in [4.69, 9.17) is 26.8 Å². The summed E-state index contributed by atoms with van der Waals surface area (Å²) < 4.78 is 10.5. The van der Waals surface area contributed by atoms with Crippen molar-refractivity contribution in [2.45, 2.75) is 26.0 Å². The number of ether oxygens (including phenoxy) is 2. The maximum atomic E-state index is 11.8. The quantitative estimate of drug-likeness (QED) is 0.754. The van der Waals surface area contributed by atoms with E-state index in [0.717, 1.165) is 5.56 Å². The Balaban J connectivity index is 2.70. The third-order valence-corrected chi connectivity index (χ3v) is 2.98. The number of hydrogen-bond acceptors (Lipinski definition) is 4. The summed E-state index contributed by atoms with van der Waals surface area (Å²) in [4.78, 5) is 11.8. The van der Waals surface area contributed by atoms with Crippen molar-refractivity contribution in [3.63, 3.8) is 0 Å². The number of benzene rings is 1. The zero-order chi connectivity index (χ0) is 15.1. The molecule has 0 spiro atoms. The van der Waals surface area contributed by atoms with E-state index >= 15 is 0 Å². The first-order chi connectivity index (χ1) is 9.45. The molecule has 2 unspecified atom stereocenters. The van der Waals surface area contributed by atoms with Crippen LogP contribution in [-0.2, 0) is 9.53 Å². The molecule has 0 fully saturated rings. The minimum absolute atomic E-state index is 0.201. The van der Waals surface area contributed by atoms with Crippen molar-refractivity contribution in [2.75, 3.05) is 20.3 Å². The first-order valence-electron chi connectivity index (χ1n) is 6.44. The maximum Gasteiger partial charge on any atom is 0.260 e. The third-order valence-electron chi connectivity index (χ3n) is 2.74. The topological polar surface area (TPSA) is 73.6 Å². The van der Waals surface area contributed by atoms with E-state index in [0.29, 0.717) is 23.9 Å². The van der Waals surface area contributed by atoms with E-state index in [1.165, 1.54) is 0 Å². The molecule has 5 nitrogen and oxygen atoms in total. The molecule has 0 bridgehead atoms. The van der Waals surface area contributed by atoms with Crippen LogP contribution in [0, 0.1) is 0 Å². The van der Waals surface area contributed by atoms with Gasteiger partial charge in [0, 0.05) is 30.3 Å². The summed E-state index contributed by atoms with van der Waals surface area (Å²) in [5, 5.41) is 3.30. The standard InChI is InChI=1S/C14H21ClN2O3/c1-9(16)12-8-11(15)4-5-13(12)20-10(2)14(18)17-6-7-19-3/h4-5,8-10H,6-7,16H2,1-3H3,(H,17,18). The molecule has 3 N–H and O–H groups in total. The second-order valence-corrected chi connectivity index (χ2v) is 4.95. The van der Waals surface area contributed by atoms with E-state index in [1.54, 1.807) is 32.2 Å². The molecule has 0 aromatic heterocycles. The number of amides is 1. The fraction of sp³-hybridized carbons (Fsp3) is 0.500. The van der Waals surface area contributed by atoms with Crippen molar-refractivity contribution in [2.24, 2.45) is 5.73 Å². The first-order valence-corrected chi connectivity index (χ1v) is 6.81. The van der Waals surface area contributed by atoms with E-state index < -0.39 is 6.10 Å². The summed E-state index contributed by atoms with van der Waals surface area (Å²) >= 11 is 5.94. The predicted octanol–water partition coefficient (Wildman–Crippen LogP) is 1.89. The SMILES string of the molecule is COCCNC(=O)C(C)Oc1ccc(Cl)cc1C(C)N. The second kappa shape index (κ2) is 8.09. The lowest BCUT2D eigenvalue weighted by atomic mass is 10.1. The molecule has 1 rings (SSSR count). The number of nitrogens with two attached hydrogens (primary N) is 1. The molecule has 112 valence electrons. The number of halogens is 1. The number of rotatable bonds is 7. The molecule has 0 aliphatic rings. The molecule has 0 saturated carbocycles. The maximum absolute atomic E-state index is 11.8. The Hall–Kier alpha value is -1.30. The Morgan fingerprint density at radius 3 is 2.75 bits per heavy atom. The van der Waals surface area contributed by atoms with Crippen LogP contribution in [-0.4, -0.2) is 32.3 Å². The monoisotopic (exact) mass is 300 g/mol. The minimum Gasteiger partial charge on any atom is -0.481 e. The van der Waals surface area contributed by atoms with Crippen molar-refractivity contribution in [1.82, 2.24) is 5.32 Å². The summed E-state index contributed by atoms with van der Waals surface area (Å²) in [6.45, 7) is 4.43. The fourth-order valence-electron chi connectivity index (χ4n) is 1.65. The van der Waals surface area contributed by atoms with Crippen LogP contribution >= 0.6 is 11.6 Å². The van der Waals surface area contributed by atoms with E-state index in [1.807, 2.05) is 6.92 Å². The van der Waals surface area contributed by atoms with Crippen LogP contribution in [0.1, 0.15) is 25.5 Å². The van der Waals surface area contributed by atoms with Crippen LogP contribution in [0.25, 0.3) is 0 Å². The van der Waals surface area contributed by atoms with Gasteiger partial charge >= 0.3 is 0 Å². The lowest BCUT2D eigenvalue weighted by molar-refractivity contribution is -0.127. The van der Waals surface area contributed by atoms with E-state index in [2.05, 4.69) is 5.32 Å². The summed E-state index contributed by atoms with van der Waals surface area (Å²) in [6, 6.07) is 4.95. The normalized spacial score (nSPS) is 13.7. The Labute approximate surface area is 124 Å². The molecule has 0 aliphatic carbocycles. The Morgan fingerprint density at radius 1 is 1.45 bits per heavy atom. The van der Waals surface area contributed by atoms with Crippen LogP contribution in [0.3, 0.4) is 0 Å². The number of methoxy groups -OCH3 is 1. The Bertz CT molecular complexity index is 452. The zero-order valence-corrected chi connectivity index (χ0v) is 12.7. The minimum atomic E-state index is -0.620. The van der Waals surface area contributed by atoms with Crippen LogP contribution in [0.4, 0.5) is 0 Å². The van der Waals surface area contributed by atoms with Gasteiger partial charge in [0.05, 0.1) is 6.61 Å². The number of carbonyl (C=O) groups is 1. The van der Waals surface area contributed by atoms with Gasteiger partial charge in [-0.1, -0.05) is 11.6 Å². The lowest BCUT2D eigenvalue weighted by Gasteiger charge is -2.19. The van der Waals surface area contributed by atoms with Gasteiger partial charge in [-0.2, -0.15) is 0 Å². The largest absolute Gasteiger partial charge is 0.481 e. The molecule has 0 radical (unpaired) electrons. The van der Waals surface area contributed by atoms with E-state index in [9.17, 15) is 4.79 Å². The average molecular weight is 301 g/mol. The van der Waals surface area contributed by atoms with Gasteiger partial charge < -0.3 is 20.5 Å². The molecule has 1 aromatic carbocycles. The number of carbonyl (C=O) groups excluding carboxylic acids is 1. The highest BCUT2D eigenvalue weighted by Crippen LogP contribution is 2.28. The molecular formula is C14H21ClN2O3. The van der Waals surface area contributed by atoms with Gasteiger partial charge in [-0.25, -0.2) is 0 Å². The van der Waals surface area contributed by atoms with Gasteiger partial charge in [0.2, 0.25) is 0 Å². The van der Waals surface area contributed by atoms with Gasteiger partial charge in [-0.05, 0) is 32.0 Å². The summed E-state index contributed by atoms with van der Waals surface area (Å²) in [5.41, 5.74) is 6.65. The Morgan fingerprint density at radius 2 is 2.15 bits per heavy atom. The average Bonchev–Trinajstić information content (AvgIpc) is 2.40. The van der Waals surface area contributed by atoms with Crippen molar-refractivity contribution < 1.29 is 14.3 Å². The highest BCUT2D eigenvalue weighted by Gasteiger charge is 2.17. The fourth-order valence-corrected chi connectivity index (χ4v) is 1.83. The van der Waals surface area contributed by atoms with Gasteiger partial charge in [0.15, 0.2) is 6.10 Å². The van der Waals surface area contributed by atoms with Gasteiger partial charge in [-0.15, -0.1) is 0 Å². The van der Waals surface area contributed by atoms with Gasteiger partial charge in [0.25, 0.3) is 5.91 Å². The van der Waals surface area contributed by atoms with Crippen LogP contribution in [0.5, 0.6) is 5.75 Å². The summed E-state index contributed by atoms with van der Waals surface area (Å²) in [5.74, 6) is 0.367. The smallest absolute Gasteiger partial charge is 0.260 e. The predicted molar refractivity (Wildman–Crippen MR) is 79.0 cm³/mol. The molecule has 2 atom stereocenters. The van der Waals surface area contributed by atoms with Crippen LogP contribution in [0.15, 0.2) is 18.2 Å². The number of nitrogens with one attached hydrogen (secondary N) is 1. The molecule has 0 heterocycles. The molecule has 1 aromatic rings. The van der Waals surface area contributed by atoms with Crippen LogP contribution in [0.2, 0.25) is 5.02 Å².